The average molecular weight is 321 g/mol. The molecule has 1 saturated carbocycles. The van der Waals surface area contributed by atoms with E-state index in [1.165, 1.54) is 0 Å². The molecule has 3 rings (SSSR count). The molecule has 118 valence electrons. The SMILES string of the molecule is C[C@@H](Cc1cccc(Cl)c1)NC(=O)[C@@H]1CC(=O)N(C2CC2)C1. The maximum Gasteiger partial charge on any atom is 0.225 e. The quantitative estimate of drug-likeness (QED) is 0.905. The van der Waals surface area contributed by atoms with E-state index in [2.05, 4.69) is 5.32 Å². The molecule has 1 heterocycles. The van der Waals surface area contributed by atoms with Crippen LogP contribution < -0.4 is 5.32 Å². The number of benzene rings is 1. The zero-order valence-corrected chi connectivity index (χ0v) is 13.5. The van der Waals surface area contributed by atoms with E-state index in [-0.39, 0.29) is 23.8 Å². The predicted octanol–water partition coefficient (Wildman–Crippen LogP) is 2.40. The first-order valence-corrected chi connectivity index (χ1v) is 8.25. The Morgan fingerprint density at radius 2 is 2.23 bits per heavy atom. The highest BCUT2D eigenvalue weighted by atomic mass is 35.5. The van der Waals surface area contributed by atoms with Gasteiger partial charge >= 0.3 is 0 Å². The summed E-state index contributed by atoms with van der Waals surface area (Å²) in [6, 6.07) is 8.09. The number of likely N-dealkylation sites (tertiary alicyclic amines) is 1. The van der Waals surface area contributed by atoms with E-state index in [0.717, 1.165) is 24.8 Å². The van der Waals surface area contributed by atoms with Crippen LogP contribution in [-0.4, -0.2) is 35.3 Å². The third kappa shape index (κ3) is 3.61. The molecular weight excluding hydrogens is 300 g/mol. The zero-order valence-electron chi connectivity index (χ0n) is 12.7. The van der Waals surface area contributed by atoms with E-state index in [9.17, 15) is 9.59 Å². The van der Waals surface area contributed by atoms with Crippen LogP contribution in [0.3, 0.4) is 0 Å². The molecule has 2 atom stereocenters. The fourth-order valence-electron chi connectivity index (χ4n) is 3.08. The van der Waals surface area contributed by atoms with Crippen LogP contribution in [-0.2, 0) is 16.0 Å². The van der Waals surface area contributed by atoms with Crippen molar-refractivity contribution in [2.45, 2.75) is 44.7 Å². The Hall–Kier alpha value is -1.55. The van der Waals surface area contributed by atoms with Crippen molar-refractivity contribution in [1.82, 2.24) is 10.2 Å². The lowest BCUT2D eigenvalue weighted by Crippen LogP contribution is -2.39. The molecule has 1 N–H and O–H groups in total. The summed E-state index contributed by atoms with van der Waals surface area (Å²) in [5.74, 6) is -0.0777. The fraction of sp³-hybridized carbons (Fsp3) is 0.529. The van der Waals surface area contributed by atoms with E-state index in [1.54, 1.807) is 0 Å². The van der Waals surface area contributed by atoms with E-state index >= 15 is 0 Å². The van der Waals surface area contributed by atoms with Crippen molar-refractivity contribution in [2.24, 2.45) is 5.92 Å². The second kappa shape index (κ2) is 6.29. The van der Waals surface area contributed by atoms with Crippen LogP contribution in [0.1, 0.15) is 31.7 Å². The van der Waals surface area contributed by atoms with E-state index in [4.69, 9.17) is 11.6 Å². The molecule has 0 unspecified atom stereocenters. The first-order chi connectivity index (χ1) is 10.5. The Labute approximate surface area is 135 Å². The monoisotopic (exact) mass is 320 g/mol. The van der Waals surface area contributed by atoms with Crippen molar-refractivity contribution >= 4 is 23.4 Å². The molecule has 0 radical (unpaired) electrons. The smallest absolute Gasteiger partial charge is 0.225 e. The molecule has 2 amide bonds. The van der Waals surface area contributed by atoms with Gasteiger partial charge in [0.15, 0.2) is 0 Å². The summed E-state index contributed by atoms with van der Waals surface area (Å²) in [7, 11) is 0. The molecule has 2 fully saturated rings. The molecule has 4 nitrogen and oxygen atoms in total. The molecule has 2 aliphatic rings. The molecule has 5 heteroatoms. The van der Waals surface area contributed by atoms with Crippen LogP contribution >= 0.6 is 11.6 Å². The molecule has 1 aromatic carbocycles. The average Bonchev–Trinajstić information content (AvgIpc) is 3.21. The summed E-state index contributed by atoms with van der Waals surface area (Å²) in [5.41, 5.74) is 1.10. The maximum absolute atomic E-state index is 12.3. The number of amides is 2. The minimum Gasteiger partial charge on any atom is -0.353 e. The lowest BCUT2D eigenvalue weighted by atomic mass is 10.0. The van der Waals surface area contributed by atoms with Gasteiger partial charge in [0, 0.05) is 30.1 Å². The first-order valence-electron chi connectivity index (χ1n) is 7.87. The van der Waals surface area contributed by atoms with Gasteiger partial charge in [-0.15, -0.1) is 0 Å². The Bertz CT molecular complexity index is 586. The highest BCUT2D eigenvalue weighted by Crippen LogP contribution is 2.32. The molecule has 0 aromatic heterocycles. The van der Waals surface area contributed by atoms with Crippen LogP contribution in [0.4, 0.5) is 0 Å². The molecule has 1 saturated heterocycles. The van der Waals surface area contributed by atoms with Crippen molar-refractivity contribution in [3.63, 3.8) is 0 Å². The van der Waals surface area contributed by atoms with Gasteiger partial charge in [-0.2, -0.15) is 0 Å². The van der Waals surface area contributed by atoms with E-state index in [0.29, 0.717) is 24.0 Å². The summed E-state index contributed by atoms with van der Waals surface area (Å²) in [4.78, 5) is 26.1. The molecular formula is C17H21ClN2O2. The maximum atomic E-state index is 12.3. The van der Waals surface area contributed by atoms with Gasteiger partial charge in [-0.1, -0.05) is 23.7 Å². The van der Waals surface area contributed by atoms with E-state index < -0.39 is 0 Å². The second-order valence-corrected chi connectivity index (χ2v) is 6.86. The van der Waals surface area contributed by atoms with Gasteiger partial charge in [0.2, 0.25) is 11.8 Å². The van der Waals surface area contributed by atoms with Gasteiger partial charge in [-0.05, 0) is 43.9 Å². The molecule has 0 spiro atoms. The number of nitrogens with zero attached hydrogens (tertiary/aromatic N) is 1. The molecule has 22 heavy (non-hydrogen) atoms. The molecule has 1 aromatic rings. The standard InChI is InChI=1S/C17H21ClN2O2/c1-11(7-12-3-2-4-14(18)8-12)19-17(22)13-9-16(21)20(10-13)15-5-6-15/h2-4,8,11,13,15H,5-7,9-10H2,1H3,(H,19,22)/t11-,13+/m0/s1. The second-order valence-electron chi connectivity index (χ2n) is 6.42. The van der Waals surface area contributed by atoms with Crippen molar-refractivity contribution < 1.29 is 9.59 Å². The largest absolute Gasteiger partial charge is 0.353 e. The molecule has 1 aliphatic carbocycles. The van der Waals surface area contributed by atoms with Gasteiger partial charge < -0.3 is 10.2 Å². The van der Waals surface area contributed by atoms with Crippen LogP contribution in [0.5, 0.6) is 0 Å². The fourth-order valence-corrected chi connectivity index (χ4v) is 3.29. The highest BCUT2D eigenvalue weighted by Gasteiger charge is 2.41. The number of carbonyl (C=O) groups excluding carboxylic acids is 2. The number of nitrogens with one attached hydrogen (secondary N) is 1. The van der Waals surface area contributed by atoms with Gasteiger partial charge in [-0.3, -0.25) is 9.59 Å². The lowest BCUT2D eigenvalue weighted by Gasteiger charge is -2.18. The van der Waals surface area contributed by atoms with Crippen LogP contribution in [0, 0.1) is 5.92 Å². The molecule has 0 bridgehead atoms. The van der Waals surface area contributed by atoms with Crippen molar-refractivity contribution in [2.75, 3.05) is 6.54 Å². The topological polar surface area (TPSA) is 49.4 Å². The predicted molar refractivity (Wildman–Crippen MR) is 85.6 cm³/mol. The Morgan fingerprint density at radius 3 is 2.91 bits per heavy atom. The number of carbonyl (C=O) groups is 2. The van der Waals surface area contributed by atoms with E-state index in [1.807, 2.05) is 36.1 Å². The number of halogens is 1. The lowest BCUT2D eigenvalue weighted by molar-refractivity contribution is -0.129. The van der Waals surface area contributed by atoms with Crippen molar-refractivity contribution in [1.29, 1.82) is 0 Å². The number of hydrogen-bond donors (Lipinski definition) is 1. The summed E-state index contributed by atoms with van der Waals surface area (Å²) in [6.07, 6.45) is 3.27. The number of hydrogen-bond acceptors (Lipinski definition) is 2. The normalized spacial score (nSPS) is 22.7. The third-order valence-corrected chi connectivity index (χ3v) is 4.57. The van der Waals surface area contributed by atoms with Crippen LogP contribution in [0.25, 0.3) is 0 Å². The van der Waals surface area contributed by atoms with Gasteiger partial charge in [0.1, 0.15) is 0 Å². The summed E-state index contributed by atoms with van der Waals surface area (Å²) < 4.78 is 0. The Morgan fingerprint density at radius 1 is 1.45 bits per heavy atom. The van der Waals surface area contributed by atoms with Crippen LogP contribution in [0.15, 0.2) is 24.3 Å². The molecule has 1 aliphatic heterocycles. The third-order valence-electron chi connectivity index (χ3n) is 4.34. The number of rotatable bonds is 5. The Balaban J connectivity index is 1.52. The van der Waals surface area contributed by atoms with Gasteiger partial charge in [-0.25, -0.2) is 0 Å². The van der Waals surface area contributed by atoms with Crippen LogP contribution in [0.2, 0.25) is 5.02 Å². The van der Waals surface area contributed by atoms with Crippen molar-refractivity contribution in [3.8, 4) is 0 Å². The van der Waals surface area contributed by atoms with Gasteiger partial charge in [0.25, 0.3) is 0 Å². The summed E-state index contributed by atoms with van der Waals surface area (Å²) in [6.45, 7) is 2.56. The minimum atomic E-state index is -0.199. The van der Waals surface area contributed by atoms with Crippen molar-refractivity contribution in [3.05, 3.63) is 34.9 Å². The highest BCUT2D eigenvalue weighted by molar-refractivity contribution is 6.30. The minimum absolute atomic E-state index is 0.00831. The Kier molecular flexibility index (Phi) is 4.39. The first kappa shape index (κ1) is 15.3. The summed E-state index contributed by atoms with van der Waals surface area (Å²) >= 11 is 5.97. The zero-order chi connectivity index (χ0) is 15.7. The summed E-state index contributed by atoms with van der Waals surface area (Å²) in [5, 5.41) is 3.74. The van der Waals surface area contributed by atoms with Gasteiger partial charge in [0.05, 0.1) is 5.92 Å².